The molecule has 4 heteroatoms. The van der Waals surface area contributed by atoms with Crippen molar-refractivity contribution in [2.75, 3.05) is 13.2 Å². The molecule has 0 unspecified atom stereocenters. The Morgan fingerprint density at radius 1 is 1.17 bits per heavy atom. The molecule has 1 fully saturated rings. The van der Waals surface area contributed by atoms with E-state index in [9.17, 15) is 8.78 Å². The van der Waals surface area contributed by atoms with Crippen LogP contribution in [0.5, 0.6) is 0 Å². The van der Waals surface area contributed by atoms with Crippen LogP contribution in [-0.4, -0.2) is 13.2 Å². The van der Waals surface area contributed by atoms with E-state index in [1.165, 1.54) is 0 Å². The van der Waals surface area contributed by atoms with Gasteiger partial charge in [0.15, 0.2) is 6.29 Å². The molecule has 2 nitrogen and oxygen atoms in total. The van der Waals surface area contributed by atoms with Crippen LogP contribution in [0.3, 0.4) is 0 Å². The van der Waals surface area contributed by atoms with Crippen LogP contribution in [0.2, 0.25) is 0 Å². The van der Waals surface area contributed by atoms with Crippen molar-refractivity contribution in [1.29, 1.82) is 0 Å². The molecule has 98 valence electrons. The van der Waals surface area contributed by atoms with Gasteiger partial charge in [-0.15, -0.1) is 0 Å². The first kappa shape index (κ1) is 13.2. The number of ether oxygens (including phenoxy) is 2. The molecular formula is C14H16F2O2. The van der Waals surface area contributed by atoms with E-state index in [2.05, 4.69) is 0 Å². The van der Waals surface area contributed by atoms with E-state index < -0.39 is 6.08 Å². The quantitative estimate of drug-likeness (QED) is 0.812. The number of hydrogen-bond acceptors (Lipinski definition) is 2. The Balaban J connectivity index is 1.90. The zero-order chi connectivity index (χ0) is 12.8. The summed E-state index contributed by atoms with van der Waals surface area (Å²) in [7, 11) is 0. The standard InChI is InChI=1S/C14H16F2O2/c15-13(16)4-1-3-11-5-7-12(8-6-11)14-17-9-2-10-18-14/h4-8,14H,1-3,9-10H2. The second-order valence-corrected chi connectivity index (χ2v) is 4.20. The van der Waals surface area contributed by atoms with Gasteiger partial charge in [-0.2, -0.15) is 8.78 Å². The van der Waals surface area contributed by atoms with E-state index in [1.807, 2.05) is 24.3 Å². The highest BCUT2D eigenvalue weighted by Crippen LogP contribution is 2.23. The van der Waals surface area contributed by atoms with Crippen LogP contribution in [0.15, 0.2) is 36.4 Å². The van der Waals surface area contributed by atoms with Crippen LogP contribution < -0.4 is 0 Å². The fourth-order valence-corrected chi connectivity index (χ4v) is 1.87. The minimum absolute atomic E-state index is 0.281. The Kier molecular flexibility index (Phi) is 4.84. The third kappa shape index (κ3) is 3.89. The fraction of sp³-hybridized carbons (Fsp3) is 0.429. The van der Waals surface area contributed by atoms with Gasteiger partial charge in [-0.1, -0.05) is 24.3 Å². The maximum Gasteiger partial charge on any atom is 0.266 e. The van der Waals surface area contributed by atoms with Gasteiger partial charge in [0.2, 0.25) is 0 Å². The topological polar surface area (TPSA) is 18.5 Å². The molecule has 0 spiro atoms. The molecular weight excluding hydrogens is 238 g/mol. The molecule has 0 radical (unpaired) electrons. The summed E-state index contributed by atoms with van der Waals surface area (Å²) in [5, 5.41) is 0. The van der Waals surface area contributed by atoms with Gasteiger partial charge in [-0.05, 0) is 30.9 Å². The van der Waals surface area contributed by atoms with Crippen molar-refractivity contribution in [3.05, 3.63) is 47.5 Å². The number of allylic oxidation sites excluding steroid dienone is 1. The largest absolute Gasteiger partial charge is 0.348 e. The molecule has 0 atom stereocenters. The normalized spacial score (nSPS) is 16.6. The van der Waals surface area contributed by atoms with E-state index in [1.54, 1.807) is 0 Å². The van der Waals surface area contributed by atoms with Gasteiger partial charge in [0.05, 0.1) is 13.2 Å². The van der Waals surface area contributed by atoms with Crippen LogP contribution >= 0.6 is 0 Å². The highest BCUT2D eigenvalue weighted by Gasteiger charge is 2.15. The lowest BCUT2D eigenvalue weighted by molar-refractivity contribution is -0.183. The molecule has 0 N–H and O–H groups in total. The van der Waals surface area contributed by atoms with Crippen molar-refractivity contribution in [2.45, 2.75) is 25.6 Å². The van der Waals surface area contributed by atoms with Crippen LogP contribution in [0, 0.1) is 0 Å². The first-order valence-corrected chi connectivity index (χ1v) is 6.09. The summed E-state index contributed by atoms with van der Waals surface area (Å²) in [4.78, 5) is 0. The predicted molar refractivity (Wildman–Crippen MR) is 64.3 cm³/mol. The average molecular weight is 254 g/mol. The summed E-state index contributed by atoms with van der Waals surface area (Å²) < 4.78 is 34.7. The predicted octanol–water partition coefficient (Wildman–Crippen LogP) is 3.84. The molecule has 1 aromatic carbocycles. The molecule has 2 rings (SSSR count). The molecule has 0 saturated carbocycles. The van der Waals surface area contributed by atoms with Crippen molar-refractivity contribution in [1.82, 2.24) is 0 Å². The zero-order valence-corrected chi connectivity index (χ0v) is 10.1. The first-order chi connectivity index (χ1) is 8.75. The van der Waals surface area contributed by atoms with Gasteiger partial charge >= 0.3 is 0 Å². The summed E-state index contributed by atoms with van der Waals surface area (Å²) in [5.41, 5.74) is 2.01. The summed E-state index contributed by atoms with van der Waals surface area (Å²) in [6.07, 6.45) is 0.950. The minimum Gasteiger partial charge on any atom is -0.348 e. The summed E-state index contributed by atoms with van der Waals surface area (Å²) in [6, 6.07) is 7.73. The monoisotopic (exact) mass is 254 g/mol. The second-order valence-electron chi connectivity index (χ2n) is 4.20. The summed E-state index contributed by atoms with van der Waals surface area (Å²) in [5.74, 6) is 0. The van der Waals surface area contributed by atoms with Crippen LogP contribution in [-0.2, 0) is 15.9 Å². The highest BCUT2D eigenvalue weighted by atomic mass is 19.3. The van der Waals surface area contributed by atoms with E-state index in [0.29, 0.717) is 26.1 Å². The van der Waals surface area contributed by atoms with E-state index in [4.69, 9.17) is 9.47 Å². The SMILES string of the molecule is FC(F)=CCCc1ccc(C2OCCCO2)cc1. The number of halogens is 2. The molecule has 1 aliphatic heterocycles. The Hall–Kier alpha value is -1.26. The van der Waals surface area contributed by atoms with Gasteiger partial charge in [0, 0.05) is 5.56 Å². The van der Waals surface area contributed by atoms with Crippen molar-refractivity contribution >= 4 is 0 Å². The lowest BCUT2D eigenvalue weighted by atomic mass is 10.1. The van der Waals surface area contributed by atoms with Crippen LogP contribution in [0.4, 0.5) is 8.78 Å². The smallest absolute Gasteiger partial charge is 0.266 e. The molecule has 1 aliphatic rings. The Morgan fingerprint density at radius 2 is 1.83 bits per heavy atom. The summed E-state index contributed by atoms with van der Waals surface area (Å²) in [6.45, 7) is 1.43. The number of hydrogen-bond donors (Lipinski definition) is 0. The molecule has 1 heterocycles. The number of aryl methyl sites for hydroxylation is 1. The van der Waals surface area contributed by atoms with Crippen LogP contribution in [0.1, 0.15) is 30.3 Å². The lowest BCUT2D eigenvalue weighted by Gasteiger charge is -2.23. The third-order valence-electron chi connectivity index (χ3n) is 2.81. The van der Waals surface area contributed by atoms with Crippen molar-refractivity contribution in [2.24, 2.45) is 0 Å². The van der Waals surface area contributed by atoms with Gasteiger partial charge in [-0.25, -0.2) is 0 Å². The zero-order valence-electron chi connectivity index (χ0n) is 10.1. The Bertz CT molecular complexity index is 391. The van der Waals surface area contributed by atoms with E-state index >= 15 is 0 Å². The van der Waals surface area contributed by atoms with E-state index in [0.717, 1.165) is 23.6 Å². The molecule has 0 amide bonds. The fourth-order valence-electron chi connectivity index (χ4n) is 1.87. The maximum absolute atomic E-state index is 11.9. The molecule has 1 saturated heterocycles. The molecule has 0 aliphatic carbocycles. The molecule has 0 aromatic heterocycles. The number of rotatable bonds is 4. The Labute approximate surface area is 105 Å². The van der Waals surface area contributed by atoms with Gasteiger partial charge in [-0.3, -0.25) is 0 Å². The molecule has 1 aromatic rings. The molecule has 0 bridgehead atoms. The van der Waals surface area contributed by atoms with Gasteiger partial charge < -0.3 is 9.47 Å². The Morgan fingerprint density at radius 3 is 2.44 bits per heavy atom. The summed E-state index contributed by atoms with van der Waals surface area (Å²) >= 11 is 0. The first-order valence-electron chi connectivity index (χ1n) is 6.09. The molecule has 18 heavy (non-hydrogen) atoms. The maximum atomic E-state index is 11.9. The number of benzene rings is 1. The van der Waals surface area contributed by atoms with Crippen molar-refractivity contribution in [3.8, 4) is 0 Å². The van der Waals surface area contributed by atoms with E-state index in [-0.39, 0.29) is 6.29 Å². The third-order valence-corrected chi connectivity index (χ3v) is 2.81. The van der Waals surface area contributed by atoms with Crippen molar-refractivity contribution in [3.63, 3.8) is 0 Å². The van der Waals surface area contributed by atoms with Gasteiger partial charge in [0.25, 0.3) is 6.08 Å². The minimum atomic E-state index is -1.62. The van der Waals surface area contributed by atoms with Crippen molar-refractivity contribution < 1.29 is 18.3 Å². The lowest BCUT2D eigenvalue weighted by Crippen LogP contribution is -2.17. The highest BCUT2D eigenvalue weighted by molar-refractivity contribution is 5.24. The van der Waals surface area contributed by atoms with Gasteiger partial charge in [0.1, 0.15) is 0 Å². The van der Waals surface area contributed by atoms with Crippen LogP contribution in [0.25, 0.3) is 0 Å². The average Bonchev–Trinajstić information content (AvgIpc) is 2.40. The second kappa shape index (κ2) is 6.61.